The average molecular weight is 290 g/mol. The van der Waals surface area contributed by atoms with E-state index in [1.54, 1.807) is 0 Å². The van der Waals surface area contributed by atoms with E-state index in [0.717, 1.165) is 36.5 Å². The summed E-state index contributed by atoms with van der Waals surface area (Å²) in [6, 6.07) is 4.48. The fraction of sp³-hybridized carbons (Fsp3) is 0.778. The number of hydrogen-bond donors (Lipinski definition) is 1. The Hall–Kier alpha value is -0.340. The lowest BCUT2D eigenvalue weighted by Crippen LogP contribution is -2.49. The van der Waals surface area contributed by atoms with Crippen LogP contribution in [0, 0.1) is 29.6 Å². The van der Waals surface area contributed by atoms with Gasteiger partial charge in [-0.1, -0.05) is 6.92 Å². The number of aliphatic hydroxyl groups excluding tert-OH is 1. The average Bonchev–Trinajstić information content (AvgIpc) is 2.85. The van der Waals surface area contributed by atoms with Crippen LogP contribution >= 0.6 is 11.3 Å². The van der Waals surface area contributed by atoms with E-state index in [1.165, 1.54) is 41.9 Å². The predicted octanol–water partition coefficient (Wildman–Crippen LogP) is 4.29. The Morgan fingerprint density at radius 2 is 1.65 bits per heavy atom. The summed E-state index contributed by atoms with van der Waals surface area (Å²) in [5, 5.41) is 10.8. The molecule has 1 aromatic heterocycles. The van der Waals surface area contributed by atoms with Crippen molar-refractivity contribution in [1.29, 1.82) is 0 Å². The van der Waals surface area contributed by atoms with E-state index in [1.807, 2.05) is 11.3 Å². The number of aryl methyl sites for hydroxylation is 1. The maximum atomic E-state index is 10.8. The molecule has 1 N–H and O–H groups in total. The fourth-order valence-electron chi connectivity index (χ4n) is 5.66. The summed E-state index contributed by atoms with van der Waals surface area (Å²) in [6.45, 7) is 2.21. The van der Waals surface area contributed by atoms with Crippen LogP contribution < -0.4 is 0 Å². The van der Waals surface area contributed by atoms with E-state index in [2.05, 4.69) is 19.1 Å². The van der Waals surface area contributed by atoms with Crippen molar-refractivity contribution in [1.82, 2.24) is 0 Å². The maximum absolute atomic E-state index is 10.8. The Balaban J connectivity index is 1.47. The first-order valence-corrected chi connectivity index (χ1v) is 9.30. The molecule has 4 bridgehead atoms. The molecule has 110 valence electrons. The minimum absolute atomic E-state index is 0.0895. The molecule has 1 aromatic rings. The van der Waals surface area contributed by atoms with Crippen LogP contribution in [0.4, 0.5) is 0 Å². The first-order chi connectivity index (χ1) is 9.72. The zero-order chi connectivity index (χ0) is 13.7. The van der Waals surface area contributed by atoms with Gasteiger partial charge < -0.3 is 5.11 Å². The van der Waals surface area contributed by atoms with Crippen LogP contribution in [0.15, 0.2) is 12.1 Å². The molecule has 0 saturated heterocycles. The zero-order valence-corrected chi connectivity index (χ0v) is 13.2. The largest absolute Gasteiger partial charge is 0.392 e. The summed E-state index contributed by atoms with van der Waals surface area (Å²) in [6.07, 6.45) is 9.10. The lowest BCUT2D eigenvalue weighted by Gasteiger charge is -2.55. The lowest BCUT2D eigenvalue weighted by atomic mass is 9.50. The Labute approximate surface area is 126 Å². The van der Waals surface area contributed by atoms with Crippen molar-refractivity contribution in [2.75, 3.05) is 0 Å². The summed E-state index contributed by atoms with van der Waals surface area (Å²) in [5.74, 6) is 4.30. The van der Waals surface area contributed by atoms with E-state index in [9.17, 15) is 5.11 Å². The standard InChI is InChI=1S/C18H26OS/c1-2-15-3-4-16(20-15)10-17(19)18-13-6-11-5-12(8-13)9-14(18)7-11/h3-4,11-14,17-19H,2,5-10H2,1H3. The molecule has 0 amide bonds. The summed E-state index contributed by atoms with van der Waals surface area (Å²) in [7, 11) is 0. The first kappa shape index (κ1) is 13.3. The van der Waals surface area contributed by atoms with Crippen LogP contribution in [-0.4, -0.2) is 11.2 Å². The van der Waals surface area contributed by atoms with Crippen molar-refractivity contribution in [2.24, 2.45) is 29.6 Å². The Morgan fingerprint density at radius 1 is 1.05 bits per heavy atom. The van der Waals surface area contributed by atoms with Gasteiger partial charge in [0.15, 0.2) is 0 Å². The third kappa shape index (κ3) is 2.25. The normalized spacial score (nSPS) is 40.2. The van der Waals surface area contributed by atoms with Gasteiger partial charge >= 0.3 is 0 Å². The summed E-state index contributed by atoms with van der Waals surface area (Å²) >= 11 is 1.90. The van der Waals surface area contributed by atoms with Crippen LogP contribution in [0.2, 0.25) is 0 Å². The van der Waals surface area contributed by atoms with Gasteiger partial charge in [0, 0.05) is 16.2 Å². The Kier molecular flexibility index (Phi) is 3.42. The molecule has 0 radical (unpaired) electrons. The second kappa shape index (κ2) is 5.14. The van der Waals surface area contributed by atoms with Gasteiger partial charge in [-0.2, -0.15) is 0 Å². The van der Waals surface area contributed by atoms with Gasteiger partial charge in [0.25, 0.3) is 0 Å². The van der Waals surface area contributed by atoms with Crippen LogP contribution in [0.25, 0.3) is 0 Å². The van der Waals surface area contributed by atoms with Gasteiger partial charge in [-0.25, -0.2) is 0 Å². The first-order valence-electron chi connectivity index (χ1n) is 8.48. The highest BCUT2D eigenvalue weighted by atomic mass is 32.1. The molecule has 1 atom stereocenters. The van der Waals surface area contributed by atoms with E-state index >= 15 is 0 Å². The van der Waals surface area contributed by atoms with Gasteiger partial charge in [0.1, 0.15) is 0 Å². The zero-order valence-electron chi connectivity index (χ0n) is 12.4. The van der Waals surface area contributed by atoms with Gasteiger partial charge in [0.05, 0.1) is 6.10 Å². The molecule has 2 heteroatoms. The van der Waals surface area contributed by atoms with Gasteiger partial charge in [-0.3, -0.25) is 0 Å². The number of aliphatic hydroxyl groups is 1. The van der Waals surface area contributed by atoms with Crippen molar-refractivity contribution < 1.29 is 5.11 Å². The smallest absolute Gasteiger partial charge is 0.0621 e. The molecule has 4 aliphatic rings. The van der Waals surface area contributed by atoms with Crippen LogP contribution in [-0.2, 0) is 12.8 Å². The maximum Gasteiger partial charge on any atom is 0.0621 e. The van der Waals surface area contributed by atoms with Crippen LogP contribution in [0.5, 0.6) is 0 Å². The molecule has 1 heterocycles. The monoisotopic (exact) mass is 290 g/mol. The second-order valence-electron chi connectivity index (χ2n) is 7.50. The van der Waals surface area contributed by atoms with Crippen molar-refractivity contribution in [3.05, 3.63) is 21.9 Å². The van der Waals surface area contributed by atoms with Gasteiger partial charge in [0.2, 0.25) is 0 Å². The fourth-order valence-corrected chi connectivity index (χ4v) is 6.67. The molecule has 1 unspecified atom stereocenters. The van der Waals surface area contributed by atoms with E-state index in [-0.39, 0.29) is 6.10 Å². The highest BCUT2D eigenvalue weighted by molar-refractivity contribution is 7.11. The number of rotatable bonds is 4. The van der Waals surface area contributed by atoms with E-state index < -0.39 is 0 Å². The molecular formula is C18H26OS. The Bertz CT molecular complexity index is 450. The third-order valence-electron chi connectivity index (χ3n) is 6.22. The Morgan fingerprint density at radius 3 is 2.20 bits per heavy atom. The lowest BCUT2D eigenvalue weighted by molar-refractivity contribution is -0.0885. The minimum atomic E-state index is -0.0895. The van der Waals surface area contributed by atoms with Crippen molar-refractivity contribution in [3.8, 4) is 0 Å². The summed E-state index contributed by atoms with van der Waals surface area (Å²) in [4.78, 5) is 2.85. The minimum Gasteiger partial charge on any atom is -0.392 e. The molecule has 4 fully saturated rings. The molecule has 0 aromatic carbocycles. The van der Waals surface area contributed by atoms with Crippen molar-refractivity contribution in [3.63, 3.8) is 0 Å². The third-order valence-corrected chi connectivity index (χ3v) is 7.47. The molecular weight excluding hydrogens is 264 g/mol. The van der Waals surface area contributed by atoms with Crippen LogP contribution in [0.1, 0.15) is 48.8 Å². The second-order valence-corrected chi connectivity index (χ2v) is 8.75. The highest BCUT2D eigenvalue weighted by Gasteiger charge is 2.50. The number of thiophene rings is 1. The number of hydrogen-bond acceptors (Lipinski definition) is 2. The molecule has 1 nitrogen and oxygen atoms in total. The summed E-state index contributed by atoms with van der Waals surface area (Å²) < 4.78 is 0. The molecule has 20 heavy (non-hydrogen) atoms. The highest BCUT2D eigenvalue weighted by Crippen LogP contribution is 2.57. The molecule has 0 aliphatic heterocycles. The predicted molar refractivity (Wildman–Crippen MR) is 83.9 cm³/mol. The van der Waals surface area contributed by atoms with Crippen molar-refractivity contribution >= 4 is 11.3 Å². The van der Waals surface area contributed by atoms with Gasteiger partial charge in [-0.15, -0.1) is 11.3 Å². The van der Waals surface area contributed by atoms with Gasteiger partial charge in [-0.05, 0) is 80.2 Å². The topological polar surface area (TPSA) is 20.2 Å². The van der Waals surface area contributed by atoms with E-state index in [0.29, 0.717) is 5.92 Å². The quantitative estimate of drug-likeness (QED) is 0.877. The van der Waals surface area contributed by atoms with Crippen molar-refractivity contribution in [2.45, 2.75) is 58.0 Å². The molecule has 5 rings (SSSR count). The van der Waals surface area contributed by atoms with Crippen LogP contribution in [0.3, 0.4) is 0 Å². The SMILES string of the molecule is CCc1ccc(CC(O)C2C3CC4CC(C3)CC2C4)s1. The van der Waals surface area contributed by atoms with E-state index in [4.69, 9.17) is 0 Å². The molecule has 0 spiro atoms. The molecule has 4 saturated carbocycles. The summed E-state index contributed by atoms with van der Waals surface area (Å²) in [5.41, 5.74) is 0. The molecule has 4 aliphatic carbocycles.